The number of thiophene rings is 1. The maximum absolute atomic E-state index is 12.8. The Bertz CT molecular complexity index is 1010. The maximum Gasteiger partial charge on any atom is 0.279 e. The number of nitrogens with one attached hydrogen (secondary N) is 2. The maximum atomic E-state index is 12.8. The zero-order chi connectivity index (χ0) is 19.7. The van der Waals surface area contributed by atoms with Crippen LogP contribution in [0.4, 0.5) is 0 Å². The van der Waals surface area contributed by atoms with Gasteiger partial charge in [0.2, 0.25) is 0 Å². The van der Waals surface area contributed by atoms with Crippen LogP contribution in [0.25, 0.3) is 11.0 Å². The van der Waals surface area contributed by atoms with Crippen LogP contribution in [0.5, 0.6) is 0 Å². The third-order valence-electron chi connectivity index (χ3n) is 4.00. The lowest BCUT2D eigenvalue weighted by atomic mass is 10.1. The molecule has 2 amide bonds. The first-order valence-corrected chi connectivity index (χ1v) is 10.1. The van der Waals surface area contributed by atoms with Crippen LogP contribution < -0.4 is 10.9 Å². The molecule has 0 atom stereocenters. The Morgan fingerprint density at radius 2 is 1.85 bits per heavy atom. The van der Waals surface area contributed by atoms with Crippen molar-refractivity contribution < 1.29 is 9.59 Å². The minimum atomic E-state index is -0.406. The van der Waals surface area contributed by atoms with Crippen LogP contribution in [0.2, 0.25) is 0 Å². The van der Waals surface area contributed by atoms with E-state index in [0.29, 0.717) is 21.5 Å². The van der Waals surface area contributed by atoms with Crippen molar-refractivity contribution in [2.24, 2.45) is 0 Å². The number of hydrogen-bond acceptors (Lipinski definition) is 5. The molecule has 0 fully saturated rings. The number of amides is 2. The number of rotatable bonds is 4. The topological polar surface area (TPSA) is 88.9 Å². The highest BCUT2D eigenvalue weighted by Crippen LogP contribution is 2.24. The molecule has 3 aromatic rings. The highest BCUT2D eigenvalue weighted by atomic mass is 79.9. The van der Waals surface area contributed by atoms with Crippen LogP contribution in [0, 0.1) is 0 Å². The molecule has 142 valence electrons. The van der Waals surface area contributed by atoms with Gasteiger partial charge < -0.3 is 0 Å². The summed E-state index contributed by atoms with van der Waals surface area (Å²) in [5.74, 6) is -0.627. The highest BCUT2D eigenvalue weighted by molar-refractivity contribution is 9.11. The summed E-state index contributed by atoms with van der Waals surface area (Å²) in [6.45, 7) is 8.05. The zero-order valence-corrected chi connectivity index (χ0v) is 17.8. The van der Waals surface area contributed by atoms with Gasteiger partial charge in [-0.2, -0.15) is 5.10 Å². The summed E-state index contributed by atoms with van der Waals surface area (Å²) in [5.41, 5.74) is 6.84. The van der Waals surface area contributed by atoms with Gasteiger partial charge in [0.05, 0.1) is 25.8 Å². The molecular weight excluding hydrogens is 430 g/mol. The van der Waals surface area contributed by atoms with E-state index in [1.54, 1.807) is 29.1 Å². The van der Waals surface area contributed by atoms with Crippen molar-refractivity contribution in [3.8, 4) is 0 Å². The lowest BCUT2D eigenvalue weighted by Crippen LogP contribution is -2.41. The first-order valence-electron chi connectivity index (χ1n) is 8.52. The number of carbonyl (C=O) groups is 2. The van der Waals surface area contributed by atoms with Crippen LogP contribution in [0.3, 0.4) is 0 Å². The smallest absolute Gasteiger partial charge is 0.267 e. The molecule has 2 N–H and O–H groups in total. The molecule has 0 saturated carbocycles. The van der Waals surface area contributed by atoms with Crippen molar-refractivity contribution >= 4 is 50.1 Å². The molecule has 0 bridgehead atoms. The molecule has 0 spiro atoms. The van der Waals surface area contributed by atoms with Gasteiger partial charge in [-0.15, -0.1) is 11.3 Å². The number of carbonyl (C=O) groups excluding carboxylic acids is 2. The van der Waals surface area contributed by atoms with Gasteiger partial charge in [-0.25, -0.2) is 9.67 Å². The molecule has 0 aliphatic rings. The Balaban J connectivity index is 1.90. The van der Waals surface area contributed by atoms with Crippen LogP contribution in [0.1, 0.15) is 65.4 Å². The summed E-state index contributed by atoms with van der Waals surface area (Å²) in [7, 11) is 0. The van der Waals surface area contributed by atoms with Crippen LogP contribution in [0.15, 0.2) is 28.2 Å². The number of pyridine rings is 1. The molecule has 3 rings (SSSR count). The number of hydrogen-bond donors (Lipinski definition) is 2. The van der Waals surface area contributed by atoms with Crippen LogP contribution >= 0.6 is 27.3 Å². The second-order valence-electron chi connectivity index (χ2n) is 6.68. The molecule has 0 radical (unpaired) electrons. The van der Waals surface area contributed by atoms with Crippen molar-refractivity contribution in [1.29, 1.82) is 0 Å². The summed E-state index contributed by atoms with van der Waals surface area (Å²) in [4.78, 5) is 30.1. The van der Waals surface area contributed by atoms with E-state index >= 15 is 0 Å². The Kier molecular flexibility index (Phi) is 5.61. The number of aromatic nitrogens is 3. The van der Waals surface area contributed by atoms with Crippen molar-refractivity contribution in [2.45, 2.75) is 39.7 Å². The lowest BCUT2D eigenvalue weighted by molar-refractivity contribution is 0.0849. The van der Waals surface area contributed by atoms with E-state index in [2.05, 4.69) is 36.9 Å². The van der Waals surface area contributed by atoms with Crippen molar-refractivity contribution in [2.75, 3.05) is 0 Å². The van der Waals surface area contributed by atoms with Gasteiger partial charge in [0.25, 0.3) is 11.8 Å². The number of hydrazine groups is 1. The van der Waals surface area contributed by atoms with Crippen LogP contribution in [-0.2, 0) is 0 Å². The van der Waals surface area contributed by atoms with Gasteiger partial charge in [-0.3, -0.25) is 20.4 Å². The average molecular weight is 450 g/mol. The molecule has 0 aromatic carbocycles. The van der Waals surface area contributed by atoms with Gasteiger partial charge in [0, 0.05) is 11.7 Å². The van der Waals surface area contributed by atoms with Crippen molar-refractivity contribution in [3.05, 3.63) is 44.3 Å². The van der Waals surface area contributed by atoms with E-state index in [1.807, 2.05) is 27.7 Å². The van der Waals surface area contributed by atoms with Gasteiger partial charge in [0.1, 0.15) is 0 Å². The molecule has 27 heavy (non-hydrogen) atoms. The molecular formula is C18H20BrN5O2S. The third-order valence-corrected chi connectivity index (χ3v) is 5.62. The number of fused-ring (bicyclic) bond motifs is 1. The van der Waals surface area contributed by atoms with Gasteiger partial charge >= 0.3 is 0 Å². The summed E-state index contributed by atoms with van der Waals surface area (Å²) in [5, 5.41) is 5.02. The summed E-state index contributed by atoms with van der Waals surface area (Å²) in [6.07, 6.45) is 1.64. The van der Waals surface area contributed by atoms with E-state index in [9.17, 15) is 9.59 Å². The molecule has 0 saturated heterocycles. The minimum Gasteiger partial charge on any atom is -0.267 e. The van der Waals surface area contributed by atoms with Gasteiger partial charge in [0.15, 0.2) is 5.65 Å². The Hall–Kier alpha value is -2.26. The second-order valence-corrected chi connectivity index (χ2v) is 9.14. The zero-order valence-electron chi connectivity index (χ0n) is 15.4. The largest absolute Gasteiger partial charge is 0.279 e. The highest BCUT2D eigenvalue weighted by Gasteiger charge is 2.19. The first kappa shape index (κ1) is 19.5. The molecule has 0 aliphatic carbocycles. The molecule has 3 heterocycles. The monoisotopic (exact) mass is 449 g/mol. The summed E-state index contributed by atoms with van der Waals surface area (Å²) in [6, 6.07) is 5.33. The molecule has 0 unspecified atom stereocenters. The molecule has 3 aromatic heterocycles. The number of nitrogens with zero attached hydrogens (tertiary/aromatic N) is 3. The fraction of sp³-hybridized carbons (Fsp3) is 0.333. The predicted octanol–water partition coefficient (Wildman–Crippen LogP) is 4.03. The average Bonchev–Trinajstić information content (AvgIpc) is 3.24. The summed E-state index contributed by atoms with van der Waals surface area (Å²) < 4.78 is 2.64. The van der Waals surface area contributed by atoms with Crippen LogP contribution in [-0.4, -0.2) is 26.6 Å². The first-order chi connectivity index (χ1) is 12.8. The predicted molar refractivity (Wildman–Crippen MR) is 109 cm³/mol. The lowest BCUT2D eigenvalue weighted by Gasteiger charge is -2.12. The molecule has 9 heteroatoms. The SMILES string of the molecule is CC(C)c1cc(C(=O)NNC(=O)c2ccc(Br)s2)c2cnn(C(C)C)c2n1. The van der Waals surface area contributed by atoms with E-state index in [1.165, 1.54) is 11.3 Å². The second kappa shape index (κ2) is 7.77. The minimum absolute atomic E-state index is 0.116. The fourth-order valence-electron chi connectivity index (χ4n) is 2.58. The van der Waals surface area contributed by atoms with E-state index < -0.39 is 5.91 Å². The van der Waals surface area contributed by atoms with Gasteiger partial charge in [-0.1, -0.05) is 13.8 Å². The van der Waals surface area contributed by atoms with E-state index in [4.69, 9.17) is 0 Å². The Labute approximate surface area is 169 Å². The Morgan fingerprint density at radius 1 is 1.15 bits per heavy atom. The number of halogens is 1. The molecule has 0 aliphatic heterocycles. The standard InChI is InChI=1S/C18H20BrN5O2S/c1-9(2)13-7-11(12-8-20-24(10(3)4)16(12)21-13)17(25)22-23-18(26)14-5-6-15(19)27-14/h5-10H,1-4H3,(H,22,25)(H,23,26). The third kappa shape index (κ3) is 4.03. The quantitative estimate of drug-likeness (QED) is 0.588. The van der Waals surface area contributed by atoms with Gasteiger partial charge in [-0.05, 0) is 53.9 Å². The summed E-state index contributed by atoms with van der Waals surface area (Å²) >= 11 is 4.60. The Morgan fingerprint density at radius 3 is 2.44 bits per heavy atom. The van der Waals surface area contributed by atoms with Crippen molar-refractivity contribution in [3.63, 3.8) is 0 Å². The normalized spacial score (nSPS) is 11.4. The molecule has 7 nitrogen and oxygen atoms in total. The van der Waals surface area contributed by atoms with Crippen molar-refractivity contribution in [1.82, 2.24) is 25.6 Å². The van der Waals surface area contributed by atoms with E-state index in [0.717, 1.165) is 9.48 Å². The van der Waals surface area contributed by atoms with E-state index in [-0.39, 0.29) is 17.9 Å². The fourth-order valence-corrected chi connectivity index (χ4v) is 3.86.